The lowest BCUT2D eigenvalue weighted by Crippen LogP contribution is -2.18. The van der Waals surface area contributed by atoms with E-state index in [1.165, 1.54) is 35.2 Å². The quantitative estimate of drug-likeness (QED) is 0.602. The Morgan fingerprint density at radius 3 is 2.52 bits per heavy atom. The van der Waals surface area contributed by atoms with Gasteiger partial charge in [0.1, 0.15) is 0 Å². The third kappa shape index (κ3) is 3.45. The number of carbonyl (C=O) groups is 1. The van der Waals surface area contributed by atoms with E-state index in [0.717, 1.165) is 18.4 Å². The fraction of sp³-hybridized carbons (Fsp3) is 0.208. The summed E-state index contributed by atoms with van der Waals surface area (Å²) in [6, 6.07) is 23.0. The molecule has 4 rings (SSSR count). The molecule has 0 amide bonds. The molecule has 0 aromatic heterocycles. The monoisotopic (exact) mass is 357 g/mol. The first-order chi connectivity index (χ1) is 13.2. The first-order valence-electron chi connectivity index (χ1n) is 9.28. The number of methoxy groups -OCH3 is 1. The van der Waals surface area contributed by atoms with E-state index >= 15 is 0 Å². The lowest BCUT2D eigenvalue weighted by Gasteiger charge is -2.27. The molecule has 27 heavy (non-hydrogen) atoms. The number of aryl methyl sites for hydroxylation is 3. The molecular formula is C24H23NO2. The van der Waals surface area contributed by atoms with Gasteiger partial charge in [0, 0.05) is 17.9 Å². The van der Waals surface area contributed by atoms with Gasteiger partial charge in [0.05, 0.1) is 12.7 Å². The van der Waals surface area contributed by atoms with Crippen LogP contribution in [0, 0.1) is 6.92 Å². The Labute approximate surface area is 160 Å². The SMILES string of the molecule is COC(=O)c1cccc(CN2c3ccccc3CCc3ccc(C)cc32)c1. The van der Waals surface area contributed by atoms with Crippen molar-refractivity contribution in [2.45, 2.75) is 26.3 Å². The lowest BCUT2D eigenvalue weighted by molar-refractivity contribution is 0.0600. The molecule has 0 atom stereocenters. The van der Waals surface area contributed by atoms with E-state index in [1.807, 2.05) is 12.1 Å². The van der Waals surface area contributed by atoms with E-state index in [1.54, 1.807) is 6.07 Å². The third-order valence-electron chi connectivity index (χ3n) is 5.17. The minimum atomic E-state index is -0.302. The molecule has 0 saturated carbocycles. The summed E-state index contributed by atoms with van der Waals surface area (Å²) in [5.74, 6) is -0.302. The summed E-state index contributed by atoms with van der Waals surface area (Å²) < 4.78 is 4.88. The summed E-state index contributed by atoms with van der Waals surface area (Å²) in [5.41, 5.74) is 8.14. The summed E-state index contributed by atoms with van der Waals surface area (Å²) in [7, 11) is 1.42. The molecule has 0 fully saturated rings. The molecule has 0 aliphatic carbocycles. The Hall–Kier alpha value is -3.07. The molecule has 136 valence electrons. The maximum absolute atomic E-state index is 11.9. The number of nitrogens with zero attached hydrogens (tertiary/aromatic N) is 1. The van der Waals surface area contributed by atoms with Gasteiger partial charge in [0.15, 0.2) is 0 Å². The molecule has 3 aromatic rings. The molecular weight excluding hydrogens is 334 g/mol. The van der Waals surface area contributed by atoms with E-state index in [2.05, 4.69) is 60.4 Å². The number of para-hydroxylation sites is 1. The van der Waals surface area contributed by atoms with E-state index in [4.69, 9.17) is 4.74 Å². The van der Waals surface area contributed by atoms with Crippen molar-refractivity contribution in [3.8, 4) is 0 Å². The van der Waals surface area contributed by atoms with Crippen LogP contribution in [-0.4, -0.2) is 13.1 Å². The first kappa shape index (κ1) is 17.3. The number of ether oxygens (including phenoxy) is 1. The Morgan fingerprint density at radius 1 is 0.926 bits per heavy atom. The van der Waals surface area contributed by atoms with Crippen LogP contribution in [-0.2, 0) is 24.1 Å². The highest BCUT2D eigenvalue weighted by Gasteiger charge is 2.21. The number of esters is 1. The zero-order chi connectivity index (χ0) is 18.8. The molecule has 0 N–H and O–H groups in total. The predicted octanol–water partition coefficient (Wildman–Crippen LogP) is 5.22. The van der Waals surface area contributed by atoms with Crippen LogP contribution in [0.1, 0.15) is 32.6 Å². The largest absolute Gasteiger partial charge is 0.465 e. The van der Waals surface area contributed by atoms with Crippen molar-refractivity contribution in [2.24, 2.45) is 0 Å². The molecule has 1 aliphatic heterocycles. The highest BCUT2D eigenvalue weighted by molar-refractivity contribution is 5.89. The fourth-order valence-corrected chi connectivity index (χ4v) is 3.79. The summed E-state index contributed by atoms with van der Waals surface area (Å²) in [6.45, 7) is 2.84. The van der Waals surface area contributed by atoms with Gasteiger partial charge in [-0.15, -0.1) is 0 Å². The van der Waals surface area contributed by atoms with E-state index in [9.17, 15) is 4.79 Å². The number of benzene rings is 3. The van der Waals surface area contributed by atoms with Crippen LogP contribution in [0.3, 0.4) is 0 Å². The van der Waals surface area contributed by atoms with E-state index in [-0.39, 0.29) is 5.97 Å². The van der Waals surface area contributed by atoms with Gasteiger partial charge in [-0.25, -0.2) is 4.79 Å². The van der Waals surface area contributed by atoms with Gasteiger partial charge in [0.25, 0.3) is 0 Å². The first-order valence-corrected chi connectivity index (χ1v) is 9.28. The standard InChI is InChI=1S/C24H23NO2/c1-17-10-11-20-13-12-19-7-3-4-9-22(19)25(23(20)14-17)16-18-6-5-8-21(15-18)24(26)27-2/h3-11,14-15H,12-13,16H2,1-2H3. The molecule has 3 aromatic carbocycles. The third-order valence-corrected chi connectivity index (χ3v) is 5.17. The average molecular weight is 357 g/mol. The van der Waals surface area contributed by atoms with Crippen LogP contribution in [0.4, 0.5) is 11.4 Å². The van der Waals surface area contributed by atoms with Crippen molar-refractivity contribution in [1.82, 2.24) is 0 Å². The zero-order valence-corrected chi connectivity index (χ0v) is 15.7. The molecule has 1 aliphatic rings. The molecule has 0 bridgehead atoms. The zero-order valence-electron chi connectivity index (χ0n) is 15.7. The Kier molecular flexibility index (Phi) is 4.68. The number of carbonyl (C=O) groups excluding carboxylic acids is 1. The van der Waals surface area contributed by atoms with Crippen molar-refractivity contribution in [3.05, 3.63) is 94.5 Å². The van der Waals surface area contributed by atoms with Crippen LogP contribution >= 0.6 is 0 Å². The van der Waals surface area contributed by atoms with Gasteiger partial charge in [-0.1, -0.05) is 42.5 Å². The number of hydrogen-bond acceptors (Lipinski definition) is 3. The predicted molar refractivity (Wildman–Crippen MR) is 109 cm³/mol. The van der Waals surface area contributed by atoms with Gasteiger partial charge in [-0.05, 0) is 66.3 Å². The minimum Gasteiger partial charge on any atom is -0.465 e. The fourth-order valence-electron chi connectivity index (χ4n) is 3.79. The van der Waals surface area contributed by atoms with Crippen LogP contribution in [0.5, 0.6) is 0 Å². The maximum Gasteiger partial charge on any atom is 0.337 e. The minimum absolute atomic E-state index is 0.302. The van der Waals surface area contributed by atoms with Crippen LogP contribution < -0.4 is 4.90 Å². The normalized spacial score (nSPS) is 12.7. The van der Waals surface area contributed by atoms with Crippen molar-refractivity contribution in [1.29, 1.82) is 0 Å². The lowest BCUT2D eigenvalue weighted by atomic mass is 10.0. The van der Waals surface area contributed by atoms with Gasteiger partial charge in [-0.3, -0.25) is 0 Å². The van der Waals surface area contributed by atoms with Gasteiger partial charge in [-0.2, -0.15) is 0 Å². The molecule has 3 nitrogen and oxygen atoms in total. The second kappa shape index (κ2) is 7.28. The maximum atomic E-state index is 11.9. The van der Waals surface area contributed by atoms with Crippen molar-refractivity contribution in [3.63, 3.8) is 0 Å². The molecule has 3 heteroatoms. The Bertz CT molecular complexity index is 993. The van der Waals surface area contributed by atoms with Crippen LogP contribution in [0.25, 0.3) is 0 Å². The molecule has 0 radical (unpaired) electrons. The van der Waals surface area contributed by atoms with Crippen molar-refractivity contribution < 1.29 is 9.53 Å². The smallest absolute Gasteiger partial charge is 0.337 e. The summed E-state index contributed by atoms with van der Waals surface area (Å²) in [4.78, 5) is 14.3. The number of hydrogen-bond donors (Lipinski definition) is 0. The molecule has 1 heterocycles. The highest BCUT2D eigenvalue weighted by Crippen LogP contribution is 2.37. The highest BCUT2D eigenvalue weighted by atomic mass is 16.5. The van der Waals surface area contributed by atoms with Gasteiger partial charge < -0.3 is 9.64 Å². The second-order valence-corrected chi connectivity index (χ2v) is 7.04. The molecule has 0 spiro atoms. The molecule has 0 saturated heterocycles. The van der Waals surface area contributed by atoms with Gasteiger partial charge >= 0.3 is 5.97 Å². The topological polar surface area (TPSA) is 29.5 Å². The Balaban J connectivity index is 1.80. The number of fused-ring (bicyclic) bond motifs is 2. The summed E-state index contributed by atoms with van der Waals surface area (Å²) >= 11 is 0. The summed E-state index contributed by atoms with van der Waals surface area (Å²) in [5, 5.41) is 0. The number of rotatable bonds is 3. The number of anilines is 2. The summed E-state index contributed by atoms with van der Waals surface area (Å²) in [6.07, 6.45) is 2.07. The van der Waals surface area contributed by atoms with E-state index < -0.39 is 0 Å². The average Bonchev–Trinajstić information content (AvgIpc) is 2.85. The van der Waals surface area contributed by atoms with Crippen molar-refractivity contribution >= 4 is 17.3 Å². The van der Waals surface area contributed by atoms with Crippen molar-refractivity contribution in [2.75, 3.05) is 12.0 Å². The van der Waals surface area contributed by atoms with Gasteiger partial charge in [0.2, 0.25) is 0 Å². The van der Waals surface area contributed by atoms with E-state index in [0.29, 0.717) is 12.1 Å². The Morgan fingerprint density at radius 2 is 1.70 bits per heavy atom. The second-order valence-electron chi connectivity index (χ2n) is 7.04. The molecule has 0 unspecified atom stereocenters. The van der Waals surface area contributed by atoms with Crippen LogP contribution in [0.15, 0.2) is 66.7 Å². The van der Waals surface area contributed by atoms with Crippen LogP contribution in [0.2, 0.25) is 0 Å².